The van der Waals surface area contributed by atoms with Crippen LogP contribution in [0.1, 0.15) is 25.5 Å². The molecule has 3 atom stereocenters. The molecule has 0 radical (unpaired) electrons. The van der Waals surface area contributed by atoms with E-state index in [1.54, 1.807) is 14.0 Å². The lowest BCUT2D eigenvalue weighted by molar-refractivity contribution is -0.0105. The summed E-state index contributed by atoms with van der Waals surface area (Å²) in [5.41, 5.74) is 1.72. The molecule has 20 heavy (non-hydrogen) atoms. The third kappa shape index (κ3) is 2.90. The van der Waals surface area contributed by atoms with Gasteiger partial charge in [0.15, 0.2) is 0 Å². The molecule has 0 bridgehead atoms. The minimum Gasteiger partial charge on any atom is -0.496 e. The quantitative estimate of drug-likeness (QED) is 0.872. The van der Waals surface area contributed by atoms with Crippen LogP contribution in [0.5, 0.6) is 5.75 Å². The first-order valence-electron chi connectivity index (χ1n) is 6.92. The van der Waals surface area contributed by atoms with E-state index in [0.29, 0.717) is 18.9 Å². The highest BCUT2D eigenvalue weighted by Crippen LogP contribution is 2.36. The minimum absolute atomic E-state index is 0.00278. The Balaban J connectivity index is 2.40. The Morgan fingerprint density at radius 2 is 2.25 bits per heavy atom. The fourth-order valence-corrected chi connectivity index (χ4v) is 2.64. The Morgan fingerprint density at radius 3 is 2.85 bits per heavy atom. The highest BCUT2D eigenvalue weighted by atomic mass is 16.5. The number of rotatable bonds is 4. The van der Waals surface area contributed by atoms with E-state index in [0.717, 1.165) is 11.3 Å². The zero-order chi connectivity index (χ0) is 14.7. The molecule has 5 heteroatoms. The molecule has 1 aromatic rings. The SMILES string of the molecule is COc1cccc(N2CC(CO)OCC2C)c1C(C)O. The van der Waals surface area contributed by atoms with Crippen LogP contribution in [0.4, 0.5) is 5.69 Å². The van der Waals surface area contributed by atoms with Gasteiger partial charge in [-0.25, -0.2) is 0 Å². The zero-order valence-corrected chi connectivity index (χ0v) is 12.2. The second-order valence-corrected chi connectivity index (χ2v) is 5.21. The number of aliphatic hydroxyl groups excluding tert-OH is 2. The Labute approximate surface area is 119 Å². The van der Waals surface area contributed by atoms with Crippen LogP contribution in [0.2, 0.25) is 0 Å². The lowest BCUT2D eigenvalue weighted by Crippen LogP contribution is -2.50. The van der Waals surface area contributed by atoms with Gasteiger partial charge in [-0.3, -0.25) is 0 Å². The summed E-state index contributed by atoms with van der Waals surface area (Å²) in [5, 5.41) is 19.4. The molecule has 1 heterocycles. The van der Waals surface area contributed by atoms with E-state index in [4.69, 9.17) is 9.47 Å². The average molecular weight is 281 g/mol. The number of methoxy groups -OCH3 is 1. The van der Waals surface area contributed by atoms with E-state index in [1.165, 1.54) is 0 Å². The number of morpholine rings is 1. The van der Waals surface area contributed by atoms with Crippen LogP contribution >= 0.6 is 0 Å². The number of ether oxygens (including phenoxy) is 2. The third-order valence-corrected chi connectivity index (χ3v) is 3.70. The highest BCUT2D eigenvalue weighted by molar-refractivity contribution is 5.61. The molecule has 2 rings (SSSR count). The Bertz CT molecular complexity index is 449. The summed E-state index contributed by atoms with van der Waals surface area (Å²) in [7, 11) is 1.60. The van der Waals surface area contributed by atoms with Crippen LogP contribution in [0.3, 0.4) is 0 Å². The first kappa shape index (κ1) is 15.1. The molecule has 1 aliphatic heterocycles. The van der Waals surface area contributed by atoms with Gasteiger partial charge in [0.1, 0.15) is 5.75 Å². The van der Waals surface area contributed by atoms with E-state index >= 15 is 0 Å². The molecular formula is C15H23NO4. The summed E-state index contributed by atoms with van der Waals surface area (Å²) in [6, 6.07) is 5.92. The second kappa shape index (κ2) is 6.43. The molecule has 5 nitrogen and oxygen atoms in total. The van der Waals surface area contributed by atoms with Gasteiger partial charge in [0.05, 0.1) is 32.5 Å². The van der Waals surface area contributed by atoms with Crippen molar-refractivity contribution >= 4 is 5.69 Å². The van der Waals surface area contributed by atoms with Crippen molar-refractivity contribution in [2.75, 3.05) is 31.8 Å². The van der Waals surface area contributed by atoms with Crippen LogP contribution in [-0.2, 0) is 4.74 Å². The summed E-state index contributed by atoms with van der Waals surface area (Å²) in [5.74, 6) is 0.678. The standard InChI is InChI=1S/C15H23NO4/c1-10-9-20-12(8-17)7-16(10)13-5-4-6-14(19-3)15(13)11(2)18/h4-6,10-12,17-18H,7-9H2,1-3H3. The first-order valence-corrected chi connectivity index (χ1v) is 6.92. The summed E-state index contributed by atoms with van der Waals surface area (Å²) >= 11 is 0. The molecule has 1 fully saturated rings. The Morgan fingerprint density at radius 1 is 1.50 bits per heavy atom. The van der Waals surface area contributed by atoms with Gasteiger partial charge in [0, 0.05) is 23.8 Å². The van der Waals surface area contributed by atoms with Crippen molar-refractivity contribution < 1.29 is 19.7 Å². The summed E-state index contributed by atoms with van der Waals surface area (Å²) in [6.07, 6.45) is -0.817. The van der Waals surface area contributed by atoms with E-state index in [9.17, 15) is 10.2 Å². The number of hydrogen-bond donors (Lipinski definition) is 2. The van der Waals surface area contributed by atoms with Gasteiger partial charge in [0.2, 0.25) is 0 Å². The predicted molar refractivity (Wildman–Crippen MR) is 77.3 cm³/mol. The normalized spacial score (nSPS) is 24.6. The Kier molecular flexibility index (Phi) is 4.86. The van der Waals surface area contributed by atoms with Gasteiger partial charge in [-0.1, -0.05) is 6.07 Å². The predicted octanol–water partition coefficient (Wildman–Crippen LogP) is 1.33. The number of anilines is 1. The van der Waals surface area contributed by atoms with Crippen molar-refractivity contribution in [1.82, 2.24) is 0 Å². The fraction of sp³-hybridized carbons (Fsp3) is 0.600. The molecule has 0 aliphatic carbocycles. The molecule has 3 unspecified atom stereocenters. The van der Waals surface area contributed by atoms with E-state index in [2.05, 4.69) is 11.8 Å². The lowest BCUT2D eigenvalue weighted by atomic mass is 10.0. The summed E-state index contributed by atoms with van der Waals surface area (Å²) < 4.78 is 10.9. The summed E-state index contributed by atoms with van der Waals surface area (Å²) in [4.78, 5) is 2.16. The molecular weight excluding hydrogens is 258 g/mol. The maximum absolute atomic E-state index is 10.1. The van der Waals surface area contributed by atoms with Gasteiger partial charge in [0.25, 0.3) is 0 Å². The van der Waals surface area contributed by atoms with Crippen molar-refractivity contribution in [3.63, 3.8) is 0 Å². The molecule has 1 aliphatic rings. The van der Waals surface area contributed by atoms with Crippen molar-refractivity contribution in [1.29, 1.82) is 0 Å². The third-order valence-electron chi connectivity index (χ3n) is 3.70. The van der Waals surface area contributed by atoms with Crippen LogP contribution in [0.25, 0.3) is 0 Å². The van der Waals surface area contributed by atoms with E-state index in [-0.39, 0.29) is 18.8 Å². The van der Waals surface area contributed by atoms with Gasteiger partial charge >= 0.3 is 0 Å². The van der Waals surface area contributed by atoms with Crippen LogP contribution in [0.15, 0.2) is 18.2 Å². The van der Waals surface area contributed by atoms with Gasteiger partial charge in [-0.15, -0.1) is 0 Å². The lowest BCUT2D eigenvalue weighted by Gasteiger charge is -2.40. The molecule has 0 spiro atoms. The number of benzene rings is 1. The van der Waals surface area contributed by atoms with E-state index < -0.39 is 6.10 Å². The van der Waals surface area contributed by atoms with Crippen molar-refractivity contribution in [2.45, 2.75) is 32.1 Å². The van der Waals surface area contributed by atoms with Crippen molar-refractivity contribution in [3.8, 4) is 5.75 Å². The molecule has 0 saturated carbocycles. The van der Waals surface area contributed by atoms with Gasteiger partial charge in [-0.2, -0.15) is 0 Å². The van der Waals surface area contributed by atoms with Gasteiger partial charge < -0.3 is 24.6 Å². The number of nitrogens with zero attached hydrogens (tertiary/aromatic N) is 1. The molecule has 2 N–H and O–H groups in total. The number of hydrogen-bond acceptors (Lipinski definition) is 5. The van der Waals surface area contributed by atoms with E-state index in [1.807, 2.05) is 18.2 Å². The summed E-state index contributed by atoms with van der Waals surface area (Å²) in [6.45, 7) is 4.96. The largest absolute Gasteiger partial charge is 0.496 e. The number of aliphatic hydroxyl groups is 2. The maximum atomic E-state index is 10.1. The van der Waals surface area contributed by atoms with Crippen LogP contribution < -0.4 is 9.64 Å². The first-order chi connectivity index (χ1) is 9.58. The van der Waals surface area contributed by atoms with Crippen LogP contribution in [-0.4, -0.2) is 49.2 Å². The topological polar surface area (TPSA) is 62.2 Å². The van der Waals surface area contributed by atoms with Crippen molar-refractivity contribution in [2.24, 2.45) is 0 Å². The smallest absolute Gasteiger partial charge is 0.126 e. The minimum atomic E-state index is -0.622. The maximum Gasteiger partial charge on any atom is 0.126 e. The zero-order valence-electron chi connectivity index (χ0n) is 12.2. The molecule has 0 aromatic heterocycles. The highest BCUT2D eigenvalue weighted by Gasteiger charge is 2.29. The molecule has 1 saturated heterocycles. The van der Waals surface area contributed by atoms with Crippen molar-refractivity contribution in [3.05, 3.63) is 23.8 Å². The second-order valence-electron chi connectivity index (χ2n) is 5.21. The molecule has 0 amide bonds. The van der Waals surface area contributed by atoms with Crippen LogP contribution in [0, 0.1) is 0 Å². The average Bonchev–Trinajstić information content (AvgIpc) is 2.46. The monoisotopic (exact) mass is 281 g/mol. The fourth-order valence-electron chi connectivity index (χ4n) is 2.64. The molecule has 112 valence electrons. The molecule has 1 aromatic carbocycles. The van der Waals surface area contributed by atoms with Gasteiger partial charge in [-0.05, 0) is 26.0 Å². The Hall–Kier alpha value is -1.30.